The van der Waals surface area contributed by atoms with Crippen LogP contribution in [0, 0.1) is 17.7 Å². The second kappa shape index (κ2) is 23.7. The zero-order valence-corrected chi connectivity index (χ0v) is 41.0. The van der Waals surface area contributed by atoms with Crippen LogP contribution in [0.2, 0.25) is 0 Å². The van der Waals surface area contributed by atoms with E-state index in [1.54, 1.807) is 48.5 Å². The minimum absolute atomic E-state index is 0.0243. The number of esters is 3. The van der Waals surface area contributed by atoms with Gasteiger partial charge >= 0.3 is 33.5 Å². The van der Waals surface area contributed by atoms with Crippen LogP contribution in [-0.4, -0.2) is 37.7 Å². The summed E-state index contributed by atoms with van der Waals surface area (Å²) >= 11 is 0. The van der Waals surface area contributed by atoms with E-state index in [2.05, 4.69) is 4.18 Å². The van der Waals surface area contributed by atoms with Crippen molar-refractivity contribution in [1.29, 1.82) is 0 Å². The average molecular weight is 1040 g/mol. The molecule has 0 aliphatic carbocycles. The second-order valence-corrected chi connectivity index (χ2v) is 19.2. The van der Waals surface area contributed by atoms with Crippen molar-refractivity contribution in [1.82, 2.24) is 0 Å². The molecule has 3 atom stereocenters. The maximum Gasteiger partial charge on any atom is 0.534 e. The predicted octanol–water partition coefficient (Wildman–Crippen LogP) is 11.7. The number of hydrogen-bond acceptors (Lipinski definition) is 11. The normalized spacial score (nSPS) is 14.9. The van der Waals surface area contributed by atoms with Gasteiger partial charge in [0.2, 0.25) is 5.91 Å². The van der Waals surface area contributed by atoms with Crippen molar-refractivity contribution in [3.63, 3.8) is 0 Å². The van der Waals surface area contributed by atoms with Gasteiger partial charge in [0.15, 0.2) is 5.92 Å². The van der Waals surface area contributed by atoms with Crippen molar-refractivity contribution in [2.24, 2.45) is 11.8 Å². The Balaban J connectivity index is 1.10. The largest absolute Gasteiger partial charge is 0.534 e. The van der Waals surface area contributed by atoms with Crippen LogP contribution < -0.4 is 13.8 Å². The van der Waals surface area contributed by atoms with E-state index in [0.717, 1.165) is 34.4 Å². The lowest BCUT2D eigenvalue weighted by Crippen LogP contribution is -2.55. The van der Waals surface area contributed by atoms with Crippen LogP contribution in [-0.2, 0) is 69.7 Å². The van der Waals surface area contributed by atoms with Gasteiger partial charge in [0.05, 0.1) is 12.0 Å². The van der Waals surface area contributed by atoms with Crippen LogP contribution in [0.3, 0.4) is 0 Å². The third kappa shape index (κ3) is 13.5. The Hall–Kier alpha value is -8.31. The lowest BCUT2D eigenvalue weighted by atomic mass is 9.77. The van der Waals surface area contributed by atoms with E-state index < -0.39 is 75.0 Å². The summed E-state index contributed by atoms with van der Waals surface area (Å²) in [5.74, 6) is -5.33. The molecule has 0 bridgehead atoms. The zero-order valence-electron chi connectivity index (χ0n) is 40.2. The Morgan fingerprint density at radius 1 is 0.640 bits per heavy atom. The standard InChI is InChI=1S/C58H49F4NO11S/c1-38(64)73-52(44-21-24-46(59)25-22-44)32-31-50-54(63(55(50)65)47-26-28-48(29-27-47)74-75(68,69)58(60,61)62)49-30-23-45(34-53(49)70-35-40-11-5-2-6-12-40)43-19-17-39(18-20-43)33-51(56(66)71-36-41-13-7-3-8-14-41)57(67)72-37-42-15-9-4-10-16-42/h2-30,34,50-52,54H,31-33,35-37H2,1H3/t50-,52+,54-/m1/s1. The maximum atomic E-state index is 14.4. The highest BCUT2D eigenvalue weighted by Gasteiger charge is 2.51. The molecule has 0 radical (unpaired) electrons. The van der Waals surface area contributed by atoms with Gasteiger partial charge in [-0.2, -0.15) is 21.6 Å². The molecule has 75 heavy (non-hydrogen) atoms. The third-order valence-corrected chi connectivity index (χ3v) is 13.4. The van der Waals surface area contributed by atoms with Crippen LogP contribution >= 0.6 is 0 Å². The van der Waals surface area contributed by atoms with Gasteiger partial charge in [-0.3, -0.25) is 19.2 Å². The van der Waals surface area contributed by atoms with Crippen molar-refractivity contribution in [2.45, 2.75) is 63.7 Å². The number of ether oxygens (including phenoxy) is 4. The molecule has 0 unspecified atom stereocenters. The van der Waals surface area contributed by atoms with E-state index in [4.69, 9.17) is 18.9 Å². The molecule has 1 fully saturated rings. The van der Waals surface area contributed by atoms with Gasteiger partial charge in [-0.05, 0) is 101 Å². The summed E-state index contributed by atoms with van der Waals surface area (Å²) in [6.45, 7) is 1.26. The number of benzene rings is 7. The van der Waals surface area contributed by atoms with Gasteiger partial charge in [-0.25, -0.2) is 4.39 Å². The highest BCUT2D eigenvalue weighted by atomic mass is 32.2. The lowest BCUT2D eigenvalue weighted by molar-refractivity contribution is -0.163. The number of rotatable bonds is 21. The summed E-state index contributed by atoms with van der Waals surface area (Å²) in [6, 6.07) is 49.3. The molecule has 8 rings (SSSR count). The van der Waals surface area contributed by atoms with Gasteiger partial charge in [0.25, 0.3) is 0 Å². The monoisotopic (exact) mass is 1040 g/mol. The average Bonchev–Trinajstić information content (AvgIpc) is 3.40. The summed E-state index contributed by atoms with van der Waals surface area (Å²) in [7, 11) is -5.99. The second-order valence-electron chi connectivity index (χ2n) is 17.6. The van der Waals surface area contributed by atoms with Gasteiger partial charge in [0, 0.05) is 18.2 Å². The van der Waals surface area contributed by atoms with Gasteiger partial charge in [-0.15, -0.1) is 0 Å². The predicted molar refractivity (Wildman–Crippen MR) is 268 cm³/mol. The number of alkyl halides is 3. The first kappa shape index (κ1) is 53.0. The van der Waals surface area contributed by atoms with Crippen LogP contribution in [0.4, 0.5) is 23.2 Å². The Kier molecular flexibility index (Phi) is 16.7. The first-order valence-electron chi connectivity index (χ1n) is 23.7. The molecule has 1 saturated heterocycles. The van der Waals surface area contributed by atoms with Crippen LogP contribution in [0.25, 0.3) is 11.1 Å². The molecule has 1 aliphatic heterocycles. The molecule has 0 aromatic heterocycles. The van der Waals surface area contributed by atoms with Crippen LogP contribution in [0.15, 0.2) is 182 Å². The first-order valence-corrected chi connectivity index (χ1v) is 25.1. The summed E-state index contributed by atoms with van der Waals surface area (Å²) in [5.41, 5.74) is -0.0847. The van der Waals surface area contributed by atoms with Crippen LogP contribution in [0.5, 0.6) is 11.5 Å². The van der Waals surface area contributed by atoms with E-state index in [1.165, 1.54) is 48.2 Å². The number of carbonyl (C=O) groups excluding carboxylic acids is 4. The topological polar surface area (TPSA) is 152 Å². The van der Waals surface area contributed by atoms with Crippen LogP contribution in [0.1, 0.15) is 65.3 Å². The Bertz CT molecular complexity index is 3140. The molecule has 0 saturated carbocycles. The van der Waals surface area contributed by atoms with Crippen molar-refractivity contribution >= 4 is 39.6 Å². The van der Waals surface area contributed by atoms with E-state index in [9.17, 15) is 45.2 Å². The number of hydrogen-bond donors (Lipinski definition) is 0. The number of carbonyl (C=O) groups is 4. The molecule has 7 aromatic rings. The number of β-lactam (4-membered cyclic amide) rings is 1. The first-order chi connectivity index (χ1) is 36.0. The molecular formula is C58H49F4NO11S. The fraction of sp³-hybridized carbons (Fsp3) is 0.207. The molecule has 386 valence electrons. The lowest BCUT2D eigenvalue weighted by Gasteiger charge is -2.48. The minimum Gasteiger partial charge on any atom is -0.489 e. The Morgan fingerprint density at radius 3 is 1.71 bits per heavy atom. The van der Waals surface area contributed by atoms with E-state index in [1.807, 2.05) is 84.9 Å². The van der Waals surface area contributed by atoms with E-state index in [-0.39, 0.29) is 44.8 Å². The highest BCUT2D eigenvalue weighted by molar-refractivity contribution is 7.88. The molecule has 12 nitrogen and oxygen atoms in total. The zero-order chi connectivity index (χ0) is 53.1. The number of anilines is 1. The van der Waals surface area contributed by atoms with Gasteiger partial charge < -0.3 is 28.0 Å². The molecule has 0 N–H and O–H groups in total. The van der Waals surface area contributed by atoms with E-state index >= 15 is 0 Å². The van der Waals surface area contributed by atoms with Crippen molar-refractivity contribution in [3.8, 4) is 22.6 Å². The number of amides is 1. The maximum absolute atomic E-state index is 14.4. The van der Waals surface area contributed by atoms with Gasteiger partial charge in [-0.1, -0.05) is 140 Å². The third-order valence-electron chi connectivity index (χ3n) is 12.4. The fourth-order valence-electron chi connectivity index (χ4n) is 8.62. The smallest absolute Gasteiger partial charge is 0.489 e. The summed E-state index contributed by atoms with van der Waals surface area (Å²) in [4.78, 5) is 55.2. The quantitative estimate of drug-likeness (QED) is 0.0129. The van der Waals surface area contributed by atoms with Crippen molar-refractivity contribution in [2.75, 3.05) is 4.90 Å². The Morgan fingerprint density at radius 2 is 1.17 bits per heavy atom. The van der Waals surface area contributed by atoms with Gasteiger partial charge in [0.1, 0.15) is 43.2 Å². The van der Waals surface area contributed by atoms with Crippen molar-refractivity contribution < 1.29 is 68.3 Å². The molecule has 17 heteroatoms. The number of halogens is 4. The van der Waals surface area contributed by atoms with Crippen molar-refractivity contribution in [3.05, 3.63) is 221 Å². The molecule has 1 aliphatic rings. The molecule has 1 amide bonds. The molecule has 1 heterocycles. The summed E-state index contributed by atoms with van der Waals surface area (Å²) in [6.07, 6.45) is -0.604. The SMILES string of the molecule is CC(=O)O[C@@H](CC[C@H]1C(=O)N(c2ccc(OS(=O)(=O)C(F)(F)F)cc2)[C@@H]1c1ccc(-c2ccc(CC(C(=O)OCc3ccccc3)C(=O)OCc3ccccc3)cc2)cc1OCc1ccccc1)c1ccc(F)cc1. The molecular weight excluding hydrogens is 995 g/mol. The minimum atomic E-state index is -5.99. The number of nitrogens with zero attached hydrogens (tertiary/aromatic N) is 1. The summed E-state index contributed by atoms with van der Waals surface area (Å²) in [5, 5.41) is 0. The molecule has 0 spiro atoms. The summed E-state index contributed by atoms with van der Waals surface area (Å²) < 4.78 is 105. The molecule has 7 aromatic carbocycles. The highest BCUT2D eigenvalue weighted by Crippen LogP contribution is 2.50. The fourth-order valence-corrected chi connectivity index (χ4v) is 9.08. The van der Waals surface area contributed by atoms with E-state index in [0.29, 0.717) is 28.0 Å². The Labute approximate surface area is 430 Å².